The SMILES string of the molecule is COc1ccc(/C=C2\SC(=O)N(Cc3ccccc3Br)C2=O)cc1O. The first-order valence-electron chi connectivity index (χ1n) is 7.35. The Morgan fingerprint density at radius 2 is 2.00 bits per heavy atom. The number of aromatic hydroxyl groups is 1. The number of carbonyl (C=O) groups excluding carboxylic acids is 2. The quantitative estimate of drug-likeness (QED) is 0.743. The van der Waals surface area contributed by atoms with Crippen LogP contribution in [0.15, 0.2) is 51.8 Å². The third-order valence-electron chi connectivity index (χ3n) is 3.66. The van der Waals surface area contributed by atoms with Gasteiger partial charge in [0.25, 0.3) is 11.1 Å². The van der Waals surface area contributed by atoms with Crippen molar-refractivity contribution in [2.24, 2.45) is 0 Å². The van der Waals surface area contributed by atoms with E-state index >= 15 is 0 Å². The number of nitrogens with zero attached hydrogens (tertiary/aromatic N) is 1. The zero-order valence-corrected chi connectivity index (χ0v) is 15.6. The number of methoxy groups -OCH3 is 1. The molecule has 25 heavy (non-hydrogen) atoms. The number of thioether (sulfide) groups is 1. The molecule has 128 valence electrons. The number of benzene rings is 2. The number of halogens is 1. The van der Waals surface area contributed by atoms with Gasteiger partial charge in [-0.25, -0.2) is 0 Å². The van der Waals surface area contributed by atoms with E-state index in [1.807, 2.05) is 24.3 Å². The average Bonchev–Trinajstić information content (AvgIpc) is 2.84. The van der Waals surface area contributed by atoms with Crippen molar-refractivity contribution >= 4 is 44.9 Å². The molecule has 2 amide bonds. The molecule has 0 bridgehead atoms. The molecule has 2 aromatic rings. The molecular weight excluding hydrogens is 406 g/mol. The van der Waals surface area contributed by atoms with Gasteiger partial charge in [-0.05, 0) is 47.2 Å². The van der Waals surface area contributed by atoms with Crippen LogP contribution in [0.3, 0.4) is 0 Å². The number of phenolic OH excluding ortho intramolecular Hbond substituents is 1. The van der Waals surface area contributed by atoms with Crippen LogP contribution >= 0.6 is 27.7 Å². The number of ether oxygens (including phenoxy) is 1. The number of amides is 2. The minimum atomic E-state index is -0.346. The fourth-order valence-electron chi connectivity index (χ4n) is 2.38. The molecule has 1 saturated heterocycles. The van der Waals surface area contributed by atoms with Crippen molar-refractivity contribution in [3.63, 3.8) is 0 Å². The van der Waals surface area contributed by atoms with Gasteiger partial charge in [0, 0.05) is 4.47 Å². The summed E-state index contributed by atoms with van der Waals surface area (Å²) in [6.45, 7) is 0.206. The van der Waals surface area contributed by atoms with Crippen LogP contribution in [0.4, 0.5) is 4.79 Å². The number of imide groups is 1. The molecule has 0 radical (unpaired) electrons. The molecule has 0 aliphatic carbocycles. The summed E-state index contributed by atoms with van der Waals surface area (Å²) in [5.74, 6) is -0.0241. The highest BCUT2D eigenvalue weighted by Crippen LogP contribution is 2.35. The molecule has 1 heterocycles. The van der Waals surface area contributed by atoms with Gasteiger partial charge in [-0.3, -0.25) is 14.5 Å². The predicted octanol–water partition coefficient (Wildman–Crippen LogP) is 4.40. The van der Waals surface area contributed by atoms with E-state index in [-0.39, 0.29) is 23.4 Å². The van der Waals surface area contributed by atoms with E-state index in [0.717, 1.165) is 21.8 Å². The minimum Gasteiger partial charge on any atom is -0.504 e. The number of hydrogen-bond donors (Lipinski definition) is 1. The van der Waals surface area contributed by atoms with E-state index in [1.54, 1.807) is 18.2 Å². The molecule has 1 aliphatic heterocycles. The van der Waals surface area contributed by atoms with E-state index in [1.165, 1.54) is 18.1 Å². The Bertz CT molecular complexity index is 881. The van der Waals surface area contributed by atoms with Crippen LogP contribution in [-0.4, -0.2) is 28.3 Å². The Labute approximate surface area is 157 Å². The number of hydrogen-bond acceptors (Lipinski definition) is 5. The first kappa shape index (κ1) is 17.6. The molecule has 1 N–H and O–H groups in total. The molecule has 2 aromatic carbocycles. The minimum absolute atomic E-state index is 0.0244. The lowest BCUT2D eigenvalue weighted by atomic mass is 10.1. The summed E-state index contributed by atoms with van der Waals surface area (Å²) in [6, 6.07) is 12.3. The second-order valence-electron chi connectivity index (χ2n) is 5.29. The Balaban J connectivity index is 1.83. The summed E-state index contributed by atoms with van der Waals surface area (Å²) in [7, 11) is 1.46. The van der Waals surface area contributed by atoms with Crippen molar-refractivity contribution in [3.8, 4) is 11.5 Å². The maximum Gasteiger partial charge on any atom is 0.293 e. The van der Waals surface area contributed by atoms with Gasteiger partial charge in [-0.1, -0.05) is 40.2 Å². The van der Waals surface area contributed by atoms with Gasteiger partial charge >= 0.3 is 0 Å². The molecule has 3 rings (SSSR count). The summed E-state index contributed by atoms with van der Waals surface area (Å²) in [6.07, 6.45) is 1.59. The summed E-state index contributed by atoms with van der Waals surface area (Å²) in [4.78, 5) is 26.3. The molecule has 0 unspecified atom stereocenters. The van der Waals surface area contributed by atoms with Crippen LogP contribution in [-0.2, 0) is 11.3 Å². The van der Waals surface area contributed by atoms with Crippen LogP contribution < -0.4 is 4.74 Å². The molecule has 1 fully saturated rings. The number of rotatable bonds is 4. The summed E-state index contributed by atoms with van der Waals surface area (Å²) >= 11 is 4.31. The van der Waals surface area contributed by atoms with E-state index < -0.39 is 0 Å². The largest absolute Gasteiger partial charge is 0.504 e. The van der Waals surface area contributed by atoms with Gasteiger partial charge in [0.2, 0.25) is 0 Å². The van der Waals surface area contributed by atoms with Gasteiger partial charge in [-0.2, -0.15) is 0 Å². The zero-order valence-electron chi connectivity index (χ0n) is 13.2. The Hall–Kier alpha value is -2.25. The molecule has 5 nitrogen and oxygen atoms in total. The lowest BCUT2D eigenvalue weighted by molar-refractivity contribution is -0.123. The molecule has 0 atom stereocenters. The summed E-state index contributed by atoms with van der Waals surface area (Å²) in [5, 5.41) is 9.52. The zero-order chi connectivity index (χ0) is 18.0. The first-order valence-corrected chi connectivity index (χ1v) is 8.96. The molecule has 1 aliphatic rings. The van der Waals surface area contributed by atoms with Crippen LogP contribution in [0, 0.1) is 0 Å². The van der Waals surface area contributed by atoms with Crippen LogP contribution in [0.2, 0.25) is 0 Å². The van der Waals surface area contributed by atoms with Gasteiger partial charge in [0.15, 0.2) is 11.5 Å². The van der Waals surface area contributed by atoms with Crippen molar-refractivity contribution in [1.29, 1.82) is 0 Å². The van der Waals surface area contributed by atoms with Gasteiger partial charge in [-0.15, -0.1) is 0 Å². The topological polar surface area (TPSA) is 66.8 Å². The number of phenols is 1. The third kappa shape index (κ3) is 3.72. The first-order chi connectivity index (χ1) is 12.0. The third-order valence-corrected chi connectivity index (χ3v) is 5.34. The highest BCUT2D eigenvalue weighted by atomic mass is 79.9. The molecule has 0 spiro atoms. The normalized spacial score (nSPS) is 15.9. The molecule has 0 saturated carbocycles. The predicted molar refractivity (Wildman–Crippen MR) is 100 cm³/mol. The monoisotopic (exact) mass is 419 g/mol. The van der Waals surface area contributed by atoms with Crippen molar-refractivity contribution in [1.82, 2.24) is 4.90 Å². The Morgan fingerprint density at radius 1 is 1.24 bits per heavy atom. The van der Waals surface area contributed by atoms with Crippen molar-refractivity contribution in [2.45, 2.75) is 6.54 Å². The van der Waals surface area contributed by atoms with Crippen LogP contribution in [0.1, 0.15) is 11.1 Å². The fraction of sp³-hybridized carbons (Fsp3) is 0.111. The van der Waals surface area contributed by atoms with Crippen LogP contribution in [0.25, 0.3) is 6.08 Å². The lowest BCUT2D eigenvalue weighted by Crippen LogP contribution is -2.27. The van der Waals surface area contributed by atoms with E-state index in [2.05, 4.69) is 15.9 Å². The summed E-state index contributed by atoms with van der Waals surface area (Å²) < 4.78 is 5.84. The fourth-order valence-corrected chi connectivity index (χ4v) is 3.63. The van der Waals surface area contributed by atoms with Gasteiger partial charge < -0.3 is 9.84 Å². The van der Waals surface area contributed by atoms with Crippen molar-refractivity contribution in [2.75, 3.05) is 7.11 Å². The van der Waals surface area contributed by atoms with Crippen molar-refractivity contribution < 1.29 is 19.4 Å². The van der Waals surface area contributed by atoms with E-state index in [4.69, 9.17) is 4.74 Å². The van der Waals surface area contributed by atoms with E-state index in [0.29, 0.717) is 16.2 Å². The number of carbonyl (C=O) groups is 2. The maximum atomic E-state index is 12.6. The van der Waals surface area contributed by atoms with E-state index in [9.17, 15) is 14.7 Å². The second kappa shape index (κ2) is 7.33. The lowest BCUT2D eigenvalue weighted by Gasteiger charge is -2.13. The van der Waals surface area contributed by atoms with Crippen molar-refractivity contribution in [3.05, 3.63) is 63.0 Å². The highest BCUT2D eigenvalue weighted by molar-refractivity contribution is 9.10. The van der Waals surface area contributed by atoms with Gasteiger partial charge in [0.1, 0.15) is 0 Å². The molecule has 0 aromatic heterocycles. The average molecular weight is 420 g/mol. The molecule has 7 heteroatoms. The molecular formula is C18H14BrNO4S. The smallest absolute Gasteiger partial charge is 0.293 e. The highest BCUT2D eigenvalue weighted by Gasteiger charge is 2.35. The maximum absolute atomic E-state index is 12.6. The Kier molecular flexibility index (Phi) is 5.15. The standard InChI is InChI=1S/C18H14BrNO4S/c1-24-15-7-6-11(8-14(15)21)9-16-17(22)20(18(23)25-16)10-12-4-2-3-5-13(12)19/h2-9,21H,10H2,1H3/b16-9-. The summed E-state index contributed by atoms with van der Waals surface area (Å²) in [5.41, 5.74) is 1.47. The Morgan fingerprint density at radius 3 is 2.68 bits per heavy atom. The second-order valence-corrected chi connectivity index (χ2v) is 7.14. The van der Waals surface area contributed by atoms with Crippen LogP contribution in [0.5, 0.6) is 11.5 Å². The van der Waals surface area contributed by atoms with Gasteiger partial charge in [0.05, 0.1) is 18.6 Å².